The number of rotatable bonds is 8. The van der Waals surface area contributed by atoms with Gasteiger partial charge in [-0.15, -0.1) is 0 Å². The lowest BCUT2D eigenvalue weighted by molar-refractivity contribution is 0.295. The van der Waals surface area contributed by atoms with Crippen LogP contribution in [0, 0.1) is 11.8 Å². The quantitative estimate of drug-likeness (QED) is 0.777. The highest BCUT2D eigenvalue weighted by Crippen LogP contribution is 2.18. The van der Waals surface area contributed by atoms with E-state index in [1.54, 1.807) is 0 Å². The molecular weight excluding hydrogens is 234 g/mol. The van der Waals surface area contributed by atoms with Crippen molar-refractivity contribution in [1.29, 1.82) is 0 Å². The normalized spacial score (nSPS) is 15.2. The largest absolute Gasteiger partial charge is 0.313 e. The lowest BCUT2D eigenvalue weighted by Crippen LogP contribution is -2.39. The number of nitrogens with one attached hydrogen (secondary N) is 1. The van der Waals surface area contributed by atoms with E-state index in [1.807, 2.05) is 4.68 Å². The predicted octanol–water partition coefficient (Wildman–Crippen LogP) is 3.67. The van der Waals surface area contributed by atoms with Gasteiger partial charge >= 0.3 is 0 Å². The Morgan fingerprint density at radius 1 is 1.21 bits per heavy atom. The van der Waals surface area contributed by atoms with Gasteiger partial charge in [-0.05, 0) is 44.7 Å². The molecule has 0 spiro atoms. The smallest absolute Gasteiger partial charge is 0.0640 e. The Bertz CT molecular complexity index is 355. The number of nitrogens with zero attached hydrogens (tertiary/aromatic N) is 2. The summed E-state index contributed by atoms with van der Waals surface area (Å²) in [6.07, 6.45) is 4.30. The molecule has 0 amide bonds. The van der Waals surface area contributed by atoms with Crippen molar-refractivity contribution in [3.8, 4) is 0 Å². The van der Waals surface area contributed by atoms with Crippen LogP contribution < -0.4 is 5.32 Å². The molecule has 2 atom stereocenters. The molecule has 110 valence electrons. The number of aromatic nitrogens is 2. The van der Waals surface area contributed by atoms with Crippen LogP contribution >= 0.6 is 0 Å². The Morgan fingerprint density at radius 3 is 2.37 bits per heavy atom. The van der Waals surface area contributed by atoms with Gasteiger partial charge in [0.2, 0.25) is 0 Å². The zero-order valence-electron chi connectivity index (χ0n) is 13.5. The minimum absolute atomic E-state index is 0.443. The first-order valence-electron chi connectivity index (χ1n) is 7.73. The van der Waals surface area contributed by atoms with Crippen molar-refractivity contribution in [2.75, 3.05) is 6.54 Å². The Kier molecular flexibility index (Phi) is 6.56. The fourth-order valence-electron chi connectivity index (χ4n) is 2.24. The summed E-state index contributed by atoms with van der Waals surface area (Å²) in [6, 6.07) is 3.13. The molecule has 1 aromatic heterocycles. The zero-order chi connectivity index (χ0) is 14.4. The molecule has 3 nitrogen and oxygen atoms in total. The van der Waals surface area contributed by atoms with Crippen molar-refractivity contribution in [2.45, 2.75) is 66.5 Å². The lowest BCUT2D eigenvalue weighted by atomic mass is 9.87. The zero-order valence-corrected chi connectivity index (χ0v) is 13.5. The topological polar surface area (TPSA) is 29.9 Å². The lowest BCUT2D eigenvalue weighted by Gasteiger charge is -2.27. The van der Waals surface area contributed by atoms with Gasteiger partial charge in [-0.3, -0.25) is 4.68 Å². The highest BCUT2D eigenvalue weighted by molar-refractivity contribution is 5.03. The van der Waals surface area contributed by atoms with Gasteiger partial charge in [0, 0.05) is 24.7 Å². The summed E-state index contributed by atoms with van der Waals surface area (Å²) in [6.45, 7) is 14.6. The molecule has 3 heteroatoms. The summed E-state index contributed by atoms with van der Waals surface area (Å²) in [7, 11) is 0. The third kappa shape index (κ3) is 4.98. The van der Waals surface area contributed by atoms with E-state index in [-0.39, 0.29) is 0 Å². The summed E-state index contributed by atoms with van der Waals surface area (Å²) in [5, 5.41) is 8.36. The molecule has 1 heterocycles. The molecule has 0 bridgehead atoms. The van der Waals surface area contributed by atoms with Crippen molar-refractivity contribution >= 4 is 0 Å². The molecule has 0 saturated heterocycles. The van der Waals surface area contributed by atoms with E-state index in [2.05, 4.69) is 64.2 Å². The maximum atomic E-state index is 4.68. The SMILES string of the molecule is CCCNC(Cc1ccn(C(C)C)n1)C(C)C(C)C. The molecule has 0 aliphatic carbocycles. The maximum absolute atomic E-state index is 4.68. The summed E-state index contributed by atoms with van der Waals surface area (Å²) in [4.78, 5) is 0. The van der Waals surface area contributed by atoms with E-state index in [0.717, 1.165) is 13.0 Å². The van der Waals surface area contributed by atoms with Crippen molar-refractivity contribution in [3.63, 3.8) is 0 Å². The second-order valence-electron chi connectivity index (χ2n) is 6.25. The molecule has 1 N–H and O–H groups in total. The van der Waals surface area contributed by atoms with Crippen molar-refractivity contribution in [2.24, 2.45) is 11.8 Å². The number of hydrogen-bond donors (Lipinski definition) is 1. The van der Waals surface area contributed by atoms with E-state index < -0.39 is 0 Å². The van der Waals surface area contributed by atoms with Gasteiger partial charge in [0.05, 0.1) is 5.69 Å². The highest BCUT2D eigenvalue weighted by atomic mass is 15.3. The maximum Gasteiger partial charge on any atom is 0.0640 e. The van der Waals surface area contributed by atoms with Gasteiger partial charge in [0.15, 0.2) is 0 Å². The van der Waals surface area contributed by atoms with E-state index in [0.29, 0.717) is 23.9 Å². The predicted molar refractivity (Wildman–Crippen MR) is 82.4 cm³/mol. The Morgan fingerprint density at radius 2 is 1.89 bits per heavy atom. The molecule has 0 radical (unpaired) electrons. The first-order valence-corrected chi connectivity index (χ1v) is 7.73. The first-order chi connectivity index (χ1) is 8.95. The third-order valence-electron chi connectivity index (χ3n) is 3.96. The summed E-state index contributed by atoms with van der Waals surface area (Å²) >= 11 is 0. The van der Waals surface area contributed by atoms with Crippen molar-refractivity contribution in [3.05, 3.63) is 18.0 Å². The van der Waals surface area contributed by atoms with Gasteiger partial charge in [-0.1, -0.05) is 27.7 Å². The second kappa shape index (κ2) is 7.68. The molecule has 2 unspecified atom stereocenters. The molecule has 0 aliphatic heterocycles. The molecule has 0 fully saturated rings. The van der Waals surface area contributed by atoms with E-state index in [4.69, 9.17) is 0 Å². The molecular formula is C16H31N3. The summed E-state index contributed by atoms with van der Waals surface area (Å²) < 4.78 is 2.05. The van der Waals surface area contributed by atoms with Gasteiger partial charge in [-0.25, -0.2) is 0 Å². The summed E-state index contributed by atoms with van der Waals surface area (Å²) in [5.74, 6) is 1.36. The standard InChI is InChI=1S/C16H31N3/c1-7-9-17-16(14(6)12(2)3)11-15-8-10-19(18-15)13(4)5/h8,10,12-14,16-17H,7,9,11H2,1-6H3. The van der Waals surface area contributed by atoms with Crippen LogP contribution in [0.25, 0.3) is 0 Å². The van der Waals surface area contributed by atoms with Gasteiger partial charge in [-0.2, -0.15) is 5.10 Å². The van der Waals surface area contributed by atoms with Crippen LogP contribution in [0.1, 0.15) is 59.7 Å². The van der Waals surface area contributed by atoms with Crippen LogP contribution in [0.15, 0.2) is 12.3 Å². The van der Waals surface area contributed by atoms with Crippen LogP contribution in [-0.2, 0) is 6.42 Å². The Hall–Kier alpha value is -0.830. The van der Waals surface area contributed by atoms with Crippen molar-refractivity contribution < 1.29 is 0 Å². The fraction of sp³-hybridized carbons (Fsp3) is 0.812. The monoisotopic (exact) mass is 265 g/mol. The molecule has 19 heavy (non-hydrogen) atoms. The molecule has 0 aliphatic rings. The fourth-order valence-corrected chi connectivity index (χ4v) is 2.24. The minimum atomic E-state index is 0.443. The second-order valence-corrected chi connectivity index (χ2v) is 6.25. The Balaban J connectivity index is 2.69. The molecule has 0 saturated carbocycles. The van der Waals surface area contributed by atoms with Crippen LogP contribution in [0.4, 0.5) is 0 Å². The van der Waals surface area contributed by atoms with Gasteiger partial charge in [0.1, 0.15) is 0 Å². The molecule has 1 rings (SSSR count). The number of hydrogen-bond acceptors (Lipinski definition) is 2. The molecule has 1 aromatic rings. The molecule has 0 aromatic carbocycles. The Labute approximate surface area is 118 Å². The summed E-state index contributed by atoms with van der Waals surface area (Å²) in [5.41, 5.74) is 1.20. The van der Waals surface area contributed by atoms with E-state index >= 15 is 0 Å². The third-order valence-corrected chi connectivity index (χ3v) is 3.96. The van der Waals surface area contributed by atoms with Crippen LogP contribution in [0.5, 0.6) is 0 Å². The minimum Gasteiger partial charge on any atom is -0.313 e. The van der Waals surface area contributed by atoms with E-state index in [1.165, 1.54) is 12.1 Å². The first kappa shape index (κ1) is 16.2. The average Bonchev–Trinajstić information content (AvgIpc) is 2.82. The van der Waals surface area contributed by atoms with Gasteiger partial charge in [0.25, 0.3) is 0 Å². The van der Waals surface area contributed by atoms with Crippen molar-refractivity contribution in [1.82, 2.24) is 15.1 Å². The van der Waals surface area contributed by atoms with E-state index in [9.17, 15) is 0 Å². The van der Waals surface area contributed by atoms with Crippen LogP contribution in [0.2, 0.25) is 0 Å². The van der Waals surface area contributed by atoms with Crippen LogP contribution in [-0.4, -0.2) is 22.4 Å². The highest BCUT2D eigenvalue weighted by Gasteiger charge is 2.21. The average molecular weight is 265 g/mol. The van der Waals surface area contributed by atoms with Crippen LogP contribution in [0.3, 0.4) is 0 Å². The van der Waals surface area contributed by atoms with Gasteiger partial charge < -0.3 is 5.32 Å².